The van der Waals surface area contributed by atoms with Crippen molar-refractivity contribution in [1.29, 1.82) is 0 Å². The Balaban J connectivity index is 2.09. The number of carbonyl (C=O) groups is 1. The van der Waals surface area contributed by atoms with E-state index < -0.39 is 5.97 Å². The van der Waals surface area contributed by atoms with Crippen molar-refractivity contribution >= 4 is 11.7 Å². The summed E-state index contributed by atoms with van der Waals surface area (Å²) in [6, 6.07) is 4.96. The van der Waals surface area contributed by atoms with Gasteiger partial charge in [0.2, 0.25) is 0 Å². The molecule has 6 heteroatoms. The largest absolute Gasteiger partial charge is 0.477 e. The Morgan fingerprint density at radius 1 is 1.47 bits per heavy atom. The molecule has 0 aliphatic heterocycles. The number of anilines is 1. The van der Waals surface area contributed by atoms with Gasteiger partial charge in [-0.2, -0.15) is 5.10 Å². The lowest BCUT2D eigenvalue weighted by atomic mass is 10.2. The molecule has 2 N–H and O–H groups in total. The summed E-state index contributed by atoms with van der Waals surface area (Å²) < 4.78 is 1.75. The second-order valence-corrected chi connectivity index (χ2v) is 4.19. The maximum Gasteiger partial charge on any atom is 0.354 e. The van der Waals surface area contributed by atoms with Crippen LogP contribution in [0.2, 0.25) is 0 Å². The molecule has 0 atom stereocenters. The average Bonchev–Trinajstić information content (AvgIpc) is 2.77. The molecule has 2 heterocycles. The van der Waals surface area contributed by atoms with E-state index in [1.807, 2.05) is 20.2 Å². The molecule has 0 fully saturated rings. The lowest BCUT2D eigenvalue weighted by Crippen LogP contribution is -2.06. The Morgan fingerprint density at radius 2 is 2.26 bits per heavy atom. The number of hydrogen-bond acceptors (Lipinski definition) is 4. The van der Waals surface area contributed by atoms with Crippen LogP contribution in [0.1, 0.15) is 28.8 Å². The lowest BCUT2D eigenvalue weighted by molar-refractivity contribution is 0.0690. The third kappa shape index (κ3) is 3.09. The van der Waals surface area contributed by atoms with Crippen LogP contribution in [0.15, 0.2) is 24.4 Å². The Morgan fingerprint density at radius 3 is 2.95 bits per heavy atom. The first-order valence-electron chi connectivity index (χ1n) is 6.05. The van der Waals surface area contributed by atoms with E-state index in [0.29, 0.717) is 12.2 Å². The van der Waals surface area contributed by atoms with E-state index in [4.69, 9.17) is 5.11 Å². The van der Waals surface area contributed by atoms with E-state index in [0.717, 1.165) is 17.8 Å². The highest BCUT2D eigenvalue weighted by atomic mass is 16.4. The molecule has 100 valence electrons. The number of aromatic carboxylic acids is 1. The van der Waals surface area contributed by atoms with Crippen molar-refractivity contribution in [2.45, 2.75) is 19.9 Å². The molecule has 0 unspecified atom stereocenters. The van der Waals surface area contributed by atoms with Gasteiger partial charge in [0.25, 0.3) is 0 Å². The van der Waals surface area contributed by atoms with E-state index in [2.05, 4.69) is 15.4 Å². The second-order valence-electron chi connectivity index (χ2n) is 4.19. The zero-order chi connectivity index (χ0) is 13.8. The second kappa shape index (κ2) is 5.51. The quantitative estimate of drug-likeness (QED) is 0.855. The van der Waals surface area contributed by atoms with Crippen LogP contribution in [0.5, 0.6) is 0 Å². The minimum absolute atomic E-state index is 0.0567. The number of carboxylic acids is 1. The Labute approximate surface area is 111 Å². The normalized spacial score (nSPS) is 10.4. The number of hydrogen-bond donors (Lipinski definition) is 2. The molecule has 0 aliphatic rings. The summed E-state index contributed by atoms with van der Waals surface area (Å²) in [5.41, 5.74) is 2.68. The van der Waals surface area contributed by atoms with Crippen molar-refractivity contribution in [2.75, 3.05) is 5.32 Å². The number of aryl methyl sites for hydroxylation is 2. The molecule has 0 amide bonds. The standard InChI is InChI=1S/C13H16N4O2/c1-3-10-12(8-17(2)16-10)14-7-9-5-4-6-11(15-9)13(18)19/h4-6,8,14H,3,7H2,1-2H3,(H,18,19). The van der Waals surface area contributed by atoms with Crippen molar-refractivity contribution in [2.24, 2.45) is 7.05 Å². The molecule has 0 saturated carbocycles. The monoisotopic (exact) mass is 260 g/mol. The van der Waals surface area contributed by atoms with Gasteiger partial charge in [0.1, 0.15) is 5.69 Å². The SMILES string of the molecule is CCc1nn(C)cc1NCc1cccc(C(=O)O)n1. The van der Waals surface area contributed by atoms with Crippen molar-refractivity contribution < 1.29 is 9.90 Å². The number of aromatic nitrogens is 3. The first-order chi connectivity index (χ1) is 9.10. The molecule has 19 heavy (non-hydrogen) atoms. The van der Waals surface area contributed by atoms with Gasteiger partial charge in [0, 0.05) is 13.2 Å². The zero-order valence-electron chi connectivity index (χ0n) is 10.9. The van der Waals surface area contributed by atoms with Crippen LogP contribution >= 0.6 is 0 Å². The molecule has 0 radical (unpaired) electrons. The number of pyridine rings is 1. The van der Waals surface area contributed by atoms with Gasteiger partial charge < -0.3 is 10.4 Å². The molecular weight excluding hydrogens is 244 g/mol. The molecule has 2 rings (SSSR count). The summed E-state index contributed by atoms with van der Waals surface area (Å²) in [6.45, 7) is 2.51. The Bertz CT molecular complexity index is 592. The van der Waals surface area contributed by atoms with Gasteiger partial charge in [-0.3, -0.25) is 4.68 Å². The Kier molecular flexibility index (Phi) is 3.79. The lowest BCUT2D eigenvalue weighted by Gasteiger charge is -2.05. The minimum Gasteiger partial charge on any atom is -0.477 e. The van der Waals surface area contributed by atoms with Crippen molar-refractivity contribution in [3.05, 3.63) is 41.5 Å². The fourth-order valence-corrected chi connectivity index (χ4v) is 1.83. The maximum absolute atomic E-state index is 10.8. The summed E-state index contributed by atoms with van der Waals surface area (Å²) in [6.07, 6.45) is 2.74. The topological polar surface area (TPSA) is 80.0 Å². The van der Waals surface area contributed by atoms with Crippen molar-refractivity contribution in [3.63, 3.8) is 0 Å². The smallest absolute Gasteiger partial charge is 0.354 e. The first-order valence-corrected chi connectivity index (χ1v) is 6.05. The van der Waals surface area contributed by atoms with Gasteiger partial charge in [0.15, 0.2) is 0 Å². The summed E-state index contributed by atoms with van der Waals surface area (Å²) >= 11 is 0. The van der Waals surface area contributed by atoms with E-state index in [9.17, 15) is 4.79 Å². The van der Waals surface area contributed by atoms with Gasteiger partial charge in [0.05, 0.1) is 23.6 Å². The van der Waals surface area contributed by atoms with Gasteiger partial charge in [-0.05, 0) is 18.6 Å². The van der Waals surface area contributed by atoms with Crippen molar-refractivity contribution in [1.82, 2.24) is 14.8 Å². The maximum atomic E-state index is 10.8. The van der Waals surface area contributed by atoms with Crippen LogP contribution in [-0.4, -0.2) is 25.8 Å². The molecule has 6 nitrogen and oxygen atoms in total. The predicted molar refractivity (Wildman–Crippen MR) is 71.1 cm³/mol. The van der Waals surface area contributed by atoms with Crippen LogP contribution in [0, 0.1) is 0 Å². The number of nitrogens with one attached hydrogen (secondary N) is 1. The molecule has 2 aromatic rings. The number of nitrogens with zero attached hydrogens (tertiary/aromatic N) is 3. The van der Waals surface area contributed by atoms with E-state index in [1.165, 1.54) is 6.07 Å². The van der Waals surface area contributed by atoms with Gasteiger partial charge in [-0.1, -0.05) is 13.0 Å². The van der Waals surface area contributed by atoms with Crippen molar-refractivity contribution in [3.8, 4) is 0 Å². The third-order valence-corrected chi connectivity index (χ3v) is 2.73. The van der Waals surface area contributed by atoms with Crippen LogP contribution in [0.3, 0.4) is 0 Å². The van der Waals surface area contributed by atoms with E-state index in [1.54, 1.807) is 16.8 Å². The predicted octanol–water partition coefficient (Wildman–Crippen LogP) is 1.69. The third-order valence-electron chi connectivity index (χ3n) is 2.73. The molecule has 0 aliphatic carbocycles. The van der Waals surface area contributed by atoms with E-state index >= 15 is 0 Å². The average molecular weight is 260 g/mol. The summed E-state index contributed by atoms with van der Waals surface area (Å²) in [7, 11) is 1.87. The highest BCUT2D eigenvalue weighted by Crippen LogP contribution is 2.14. The zero-order valence-corrected chi connectivity index (χ0v) is 10.9. The summed E-state index contributed by atoms with van der Waals surface area (Å²) in [5.74, 6) is -1.02. The van der Waals surface area contributed by atoms with Gasteiger partial charge >= 0.3 is 5.97 Å². The summed E-state index contributed by atoms with van der Waals surface area (Å²) in [5, 5.41) is 16.4. The highest BCUT2D eigenvalue weighted by Gasteiger charge is 2.07. The first kappa shape index (κ1) is 13.1. The number of rotatable bonds is 5. The Hall–Kier alpha value is -2.37. The molecule has 0 spiro atoms. The fourth-order valence-electron chi connectivity index (χ4n) is 1.83. The molecule has 0 bridgehead atoms. The van der Waals surface area contributed by atoms with Crippen LogP contribution in [-0.2, 0) is 20.0 Å². The van der Waals surface area contributed by atoms with Crippen LogP contribution in [0.25, 0.3) is 0 Å². The minimum atomic E-state index is -1.02. The van der Waals surface area contributed by atoms with Gasteiger partial charge in [-0.15, -0.1) is 0 Å². The molecule has 2 aromatic heterocycles. The molecular formula is C13H16N4O2. The van der Waals surface area contributed by atoms with Gasteiger partial charge in [-0.25, -0.2) is 9.78 Å². The molecule has 0 saturated heterocycles. The molecule has 0 aromatic carbocycles. The fraction of sp³-hybridized carbons (Fsp3) is 0.308. The van der Waals surface area contributed by atoms with E-state index in [-0.39, 0.29) is 5.69 Å². The van der Waals surface area contributed by atoms with Crippen LogP contribution < -0.4 is 5.32 Å². The number of carboxylic acid groups (broad SMARTS) is 1. The highest BCUT2D eigenvalue weighted by molar-refractivity contribution is 5.85. The van der Waals surface area contributed by atoms with Crippen LogP contribution in [0.4, 0.5) is 5.69 Å². The summed E-state index contributed by atoms with van der Waals surface area (Å²) in [4.78, 5) is 14.9.